The number of hydrogen-bond acceptors (Lipinski definition) is 4. The quantitative estimate of drug-likeness (QED) is 0.820. The smallest absolute Gasteiger partial charge is 0.142 e. The first kappa shape index (κ1) is 14.2. The standard InChI is InChI=1S/C15H25N3O/c1-3-19-15-7-5-4-6-14(15)17-9-8-13-12-18(2)11-10-16-13/h4-7,13,16-17H,3,8-12H2,1-2H3. The van der Waals surface area contributed by atoms with Gasteiger partial charge in [0.05, 0.1) is 12.3 Å². The van der Waals surface area contributed by atoms with E-state index in [1.54, 1.807) is 0 Å². The maximum Gasteiger partial charge on any atom is 0.142 e. The van der Waals surface area contributed by atoms with Gasteiger partial charge in [-0.15, -0.1) is 0 Å². The number of nitrogens with one attached hydrogen (secondary N) is 2. The van der Waals surface area contributed by atoms with Gasteiger partial charge in [-0.1, -0.05) is 12.1 Å². The second-order valence-electron chi connectivity index (χ2n) is 5.06. The highest BCUT2D eigenvalue weighted by Gasteiger charge is 2.15. The summed E-state index contributed by atoms with van der Waals surface area (Å²) in [5, 5.41) is 7.04. The van der Waals surface area contributed by atoms with Crippen molar-refractivity contribution in [3.05, 3.63) is 24.3 Å². The van der Waals surface area contributed by atoms with Crippen LogP contribution in [0.5, 0.6) is 5.75 Å². The molecule has 0 radical (unpaired) electrons. The molecule has 1 aromatic carbocycles. The molecule has 4 heteroatoms. The fraction of sp³-hybridized carbons (Fsp3) is 0.600. The van der Waals surface area contributed by atoms with Gasteiger partial charge in [0.1, 0.15) is 5.75 Å². The average Bonchev–Trinajstić information content (AvgIpc) is 2.41. The van der Waals surface area contributed by atoms with Crippen molar-refractivity contribution in [1.82, 2.24) is 10.2 Å². The molecule has 0 amide bonds. The predicted octanol–water partition coefficient (Wildman–Crippen LogP) is 1.79. The lowest BCUT2D eigenvalue weighted by Gasteiger charge is -2.31. The Morgan fingerprint density at radius 1 is 1.42 bits per heavy atom. The molecule has 106 valence electrons. The van der Waals surface area contributed by atoms with Crippen molar-refractivity contribution in [3.63, 3.8) is 0 Å². The summed E-state index contributed by atoms with van der Waals surface area (Å²) in [6.07, 6.45) is 1.13. The summed E-state index contributed by atoms with van der Waals surface area (Å²) in [4.78, 5) is 2.38. The zero-order valence-corrected chi connectivity index (χ0v) is 12.0. The Kier molecular flexibility index (Phi) is 5.48. The second kappa shape index (κ2) is 7.36. The first-order valence-corrected chi connectivity index (χ1v) is 7.17. The van der Waals surface area contributed by atoms with E-state index < -0.39 is 0 Å². The van der Waals surface area contributed by atoms with Gasteiger partial charge in [-0.25, -0.2) is 0 Å². The Labute approximate surface area is 116 Å². The highest BCUT2D eigenvalue weighted by Crippen LogP contribution is 2.23. The Morgan fingerprint density at radius 2 is 2.26 bits per heavy atom. The molecule has 1 fully saturated rings. The van der Waals surface area contributed by atoms with Crippen LogP contribution in [0.1, 0.15) is 13.3 Å². The van der Waals surface area contributed by atoms with Gasteiger partial charge in [-0.2, -0.15) is 0 Å². The van der Waals surface area contributed by atoms with Gasteiger partial charge in [0.15, 0.2) is 0 Å². The van der Waals surface area contributed by atoms with Gasteiger partial charge >= 0.3 is 0 Å². The van der Waals surface area contributed by atoms with E-state index in [0.29, 0.717) is 12.6 Å². The minimum Gasteiger partial charge on any atom is -0.492 e. The van der Waals surface area contributed by atoms with Crippen LogP contribution < -0.4 is 15.4 Å². The highest BCUT2D eigenvalue weighted by atomic mass is 16.5. The first-order valence-electron chi connectivity index (χ1n) is 7.17. The molecule has 1 atom stereocenters. The van der Waals surface area contributed by atoms with Crippen molar-refractivity contribution in [1.29, 1.82) is 0 Å². The zero-order chi connectivity index (χ0) is 13.5. The summed E-state index contributed by atoms with van der Waals surface area (Å²) in [7, 11) is 2.19. The van der Waals surface area contributed by atoms with Crippen LogP contribution >= 0.6 is 0 Å². The summed E-state index contributed by atoms with van der Waals surface area (Å²) in [6, 6.07) is 8.72. The van der Waals surface area contributed by atoms with Crippen LogP contribution in [-0.4, -0.2) is 50.8 Å². The summed E-state index contributed by atoms with van der Waals surface area (Å²) in [5.74, 6) is 0.943. The summed E-state index contributed by atoms with van der Waals surface area (Å²) < 4.78 is 5.61. The average molecular weight is 263 g/mol. The molecule has 0 bridgehead atoms. The van der Waals surface area contributed by atoms with Crippen molar-refractivity contribution in [2.45, 2.75) is 19.4 Å². The van der Waals surface area contributed by atoms with Crippen LogP contribution in [0.2, 0.25) is 0 Å². The highest BCUT2D eigenvalue weighted by molar-refractivity contribution is 5.56. The number of anilines is 1. The van der Waals surface area contributed by atoms with E-state index in [0.717, 1.165) is 44.0 Å². The molecule has 0 aliphatic carbocycles. The molecule has 1 aliphatic rings. The predicted molar refractivity (Wildman–Crippen MR) is 80.0 cm³/mol. The molecular formula is C15H25N3O. The molecule has 0 aromatic heterocycles. The van der Waals surface area contributed by atoms with Gasteiger partial charge in [0.2, 0.25) is 0 Å². The SMILES string of the molecule is CCOc1ccccc1NCCC1CN(C)CCN1. The van der Waals surface area contributed by atoms with E-state index in [2.05, 4.69) is 28.6 Å². The number of para-hydroxylation sites is 2. The number of nitrogens with zero attached hydrogens (tertiary/aromatic N) is 1. The molecule has 4 nitrogen and oxygen atoms in total. The van der Waals surface area contributed by atoms with E-state index in [9.17, 15) is 0 Å². The van der Waals surface area contributed by atoms with Crippen LogP contribution in [0.3, 0.4) is 0 Å². The molecule has 2 rings (SSSR count). The minimum absolute atomic E-state index is 0.588. The van der Waals surface area contributed by atoms with E-state index in [-0.39, 0.29) is 0 Å². The number of benzene rings is 1. The van der Waals surface area contributed by atoms with E-state index in [1.807, 2.05) is 25.1 Å². The van der Waals surface area contributed by atoms with Crippen molar-refractivity contribution >= 4 is 5.69 Å². The molecule has 1 unspecified atom stereocenters. The zero-order valence-electron chi connectivity index (χ0n) is 12.0. The molecule has 2 N–H and O–H groups in total. The second-order valence-corrected chi connectivity index (χ2v) is 5.06. The third kappa shape index (κ3) is 4.40. The number of hydrogen-bond donors (Lipinski definition) is 2. The summed E-state index contributed by atoms with van der Waals surface area (Å²) >= 11 is 0. The molecule has 1 aromatic rings. The lowest BCUT2D eigenvalue weighted by Crippen LogP contribution is -2.49. The topological polar surface area (TPSA) is 36.5 Å². The fourth-order valence-electron chi connectivity index (χ4n) is 2.46. The lowest BCUT2D eigenvalue weighted by atomic mass is 10.1. The van der Waals surface area contributed by atoms with Crippen LogP contribution in [0.4, 0.5) is 5.69 Å². The van der Waals surface area contributed by atoms with Gasteiger partial charge in [-0.3, -0.25) is 0 Å². The monoisotopic (exact) mass is 263 g/mol. The first-order chi connectivity index (χ1) is 9.29. The molecule has 0 spiro atoms. The molecule has 0 saturated carbocycles. The Morgan fingerprint density at radius 3 is 3.05 bits per heavy atom. The van der Waals surface area contributed by atoms with Crippen LogP contribution in [-0.2, 0) is 0 Å². The van der Waals surface area contributed by atoms with Crippen molar-refractivity contribution in [2.24, 2.45) is 0 Å². The van der Waals surface area contributed by atoms with Crippen molar-refractivity contribution < 1.29 is 4.74 Å². The normalized spacial score (nSPS) is 20.2. The molecule has 1 saturated heterocycles. The van der Waals surface area contributed by atoms with E-state index >= 15 is 0 Å². The van der Waals surface area contributed by atoms with Gasteiger partial charge in [-0.05, 0) is 32.5 Å². The third-order valence-electron chi connectivity index (χ3n) is 3.45. The minimum atomic E-state index is 0.588. The third-order valence-corrected chi connectivity index (χ3v) is 3.45. The maximum atomic E-state index is 5.61. The Balaban J connectivity index is 1.78. The number of rotatable bonds is 6. The van der Waals surface area contributed by atoms with Gasteiger partial charge in [0.25, 0.3) is 0 Å². The van der Waals surface area contributed by atoms with Gasteiger partial charge < -0.3 is 20.3 Å². The molecular weight excluding hydrogens is 238 g/mol. The Hall–Kier alpha value is -1.26. The van der Waals surface area contributed by atoms with Crippen LogP contribution in [0, 0.1) is 0 Å². The maximum absolute atomic E-state index is 5.61. The fourth-order valence-corrected chi connectivity index (χ4v) is 2.46. The summed E-state index contributed by atoms with van der Waals surface area (Å²) in [5.41, 5.74) is 1.09. The van der Waals surface area contributed by atoms with Crippen molar-refractivity contribution in [2.75, 3.05) is 45.2 Å². The summed E-state index contributed by atoms with van der Waals surface area (Å²) in [6.45, 7) is 7.06. The van der Waals surface area contributed by atoms with Crippen molar-refractivity contribution in [3.8, 4) is 5.75 Å². The van der Waals surface area contributed by atoms with E-state index in [4.69, 9.17) is 4.74 Å². The molecule has 1 aliphatic heterocycles. The lowest BCUT2D eigenvalue weighted by molar-refractivity contribution is 0.234. The van der Waals surface area contributed by atoms with Crippen LogP contribution in [0.15, 0.2) is 24.3 Å². The number of likely N-dealkylation sites (N-methyl/N-ethyl adjacent to an activating group) is 1. The molecule has 19 heavy (non-hydrogen) atoms. The van der Waals surface area contributed by atoms with Gasteiger partial charge in [0, 0.05) is 32.2 Å². The number of piperazine rings is 1. The Bertz CT molecular complexity index is 383. The largest absolute Gasteiger partial charge is 0.492 e. The molecule has 1 heterocycles. The van der Waals surface area contributed by atoms with E-state index in [1.165, 1.54) is 0 Å². The van der Waals surface area contributed by atoms with Crippen LogP contribution in [0.25, 0.3) is 0 Å². The number of ether oxygens (including phenoxy) is 1.